The number of nitrogens with zero attached hydrogens (tertiary/aromatic N) is 1. The summed E-state index contributed by atoms with van der Waals surface area (Å²) in [5.74, 6) is 4.12. The maximum absolute atomic E-state index is 5.54. The van der Waals surface area contributed by atoms with Crippen molar-refractivity contribution in [3.8, 4) is 34.1 Å². The third-order valence-corrected chi connectivity index (χ3v) is 6.92. The van der Waals surface area contributed by atoms with E-state index in [1.54, 1.807) is 34.6 Å². The fourth-order valence-electron chi connectivity index (χ4n) is 4.86. The summed E-state index contributed by atoms with van der Waals surface area (Å²) in [6, 6.07) is 12.7. The summed E-state index contributed by atoms with van der Waals surface area (Å²) in [6.07, 6.45) is 4.21. The third kappa shape index (κ3) is 7.08. The predicted octanol–water partition coefficient (Wildman–Crippen LogP) is 6.67. The van der Waals surface area contributed by atoms with E-state index in [1.807, 2.05) is 45.0 Å². The predicted molar refractivity (Wildman–Crippen MR) is 153 cm³/mol. The van der Waals surface area contributed by atoms with Gasteiger partial charge in [0.05, 0.1) is 28.4 Å². The van der Waals surface area contributed by atoms with E-state index >= 15 is 0 Å². The molecule has 0 amide bonds. The minimum absolute atomic E-state index is 0. The number of nitrogens with one attached hydrogen (secondary N) is 1. The van der Waals surface area contributed by atoms with Crippen molar-refractivity contribution in [2.45, 2.75) is 52.5 Å². The summed E-state index contributed by atoms with van der Waals surface area (Å²) in [5, 5.41) is 3.54. The molecule has 1 saturated heterocycles. The Bertz CT molecular complexity index is 1170. The first kappa shape index (κ1) is 30.3. The summed E-state index contributed by atoms with van der Waals surface area (Å²) in [6.45, 7) is 9.40. The number of aromatic nitrogens is 1. The zero-order chi connectivity index (χ0) is 26.2. The number of aryl methyl sites for hydroxylation is 3. The molecule has 2 aromatic carbocycles. The largest absolute Gasteiger partial charge is 0.496 e. The van der Waals surface area contributed by atoms with Crippen molar-refractivity contribution in [2.75, 3.05) is 35.0 Å². The molecule has 0 saturated carbocycles. The minimum Gasteiger partial charge on any atom is -0.496 e. The van der Waals surface area contributed by atoms with Crippen LogP contribution in [0.4, 0.5) is 0 Å². The van der Waals surface area contributed by atoms with Gasteiger partial charge >= 0.3 is 0 Å². The molecular weight excluding hydrogens is 488 g/mol. The first-order valence-corrected chi connectivity index (χ1v) is 12.4. The molecule has 1 N–H and O–H groups in total. The Morgan fingerprint density at radius 2 is 1.38 bits per heavy atom. The molecule has 202 valence electrons. The molecular formula is C30H41ClN2O4. The van der Waals surface area contributed by atoms with Crippen LogP contribution in [-0.4, -0.2) is 46.0 Å². The van der Waals surface area contributed by atoms with Crippen molar-refractivity contribution < 1.29 is 18.9 Å². The van der Waals surface area contributed by atoms with Crippen molar-refractivity contribution in [1.29, 1.82) is 0 Å². The van der Waals surface area contributed by atoms with Gasteiger partial charge in [-0.1, -0.05) is 6.07 Å². The second-order valence-electron chi connectivity index (χ2n) is 9.21. The number of piperidine rings is 1. The molecule has 0 aliphatic carbocycles. The van der Waals surface area contributed by atoms with Gasteiger partial charge in [0, 0.05) is 40.5 Å². The summed E-state index contributed by atoms with van der Waals surface area (Å²) in [7, 11) is 6.82. The highest BCUT2D eigenvalue weighted by atomic mass is 35.5. The lowest BCUT2D eigenvalue weighted by Gasteiger charge is -2.31. The SMILES string of the molecule is COc1cc(-c2cccnc2C)c(OC)cc1C.COc1cc(C2CCCNC2C)c(OC)cc1C.Cl. The second kappa shape index (κ2) is 14.1. The molecule has 2 heterocycles. The van der Waals surface area contributed by atoms with Crippen molar-refractivity contribution in [3.63, 3.8) is 0 Å². The normalized spacial score (nSPS) is 16.5. The number of rotatable bonds is 6. The van der Waals surface area contributed by atoms with E-state index in [1.165, 1.54) is 18.4 Å². The van der Waals surface area contributed by atoms with E-state index in [-0.39, 0.29) is 12.4 Å². The lowest BCUT2D eigenvalue weighted by Crippen LogP contribution is -2.37. The van der Waals surface area contributed by atoms with E-state index in [0.717, 1.165) is 57.5 Å². The van der Waals surface area contributed by atoms with Gasteiger partial charge in [-0.25, -0.2) is 0 Å². The third-order valence-electron chi connectivity index (χ3n) is 6.92. The Hall–Kier alpha value is -2.96. The van der Waals surface area contributed by atoms with Gasteiger partial charge < -0.3 is 24.3 Å². The van der Waals surface area contributed by atoms with Crippen LogP contribution in [0.15, 0.2) is 42.6 Å². The summed E-state index contributed by atoms with van der Waals surface area (Å²) in [4.78, 5) is 4.31. The van der Waals surface area contributed by atoms with Gasteiger partial charge in [0.1, 0.15) is 23.0 Å². The molecule has 7 heteroatoms. The highest BCUT2D eigenvalue weighted by Gasteiger charge is 2.26. The Morgan fingerprint density at radius 1 is 0.784 bits per heavy atom. The van der Waals surface area contributed by atoms with E-state index in [0.29, 0.717) is 12.0 Å². The van der Waals surface area contributed by atoms with Gasteiger partial charge in [-0.3, -0.25) is 4.98 Å². The standard InChI is InChI=1S/C15H23NO2.C15H17NO2.ClH/c2*1-10-8-15(18-4)13(9-14(10)17-3)12-6-5-7-16-11(12)2;/h8-9,11-12,16H,5-7H2,1-4H3;5-9H,1-4H3;1H. The lowest BCUT2D eigenvalue weighted by atomic mass is 9.84. The molecule has 0 spiro atoms. The number of pyridine rings is 1. The zero-order valence-corrected chi connectivity index (χ0v) is 24.1. The zero-order valence-electron chi connectivity index (χ0n) is 23.3. The van der Waals surface area contributed by atoms with Gasteiger partial charge in [0.15, 0.2) is 0 Å². The molecule has 2 atom stereocenters. The Morgan fingerprint density at radius 3 is 1.95 bits per heavy atom. The van der Waals surface area contributed by atoms with E-state index in [9.17, 15) is 0 Å². The van der Waals surface area contributed by atoms with Crippen molar-refractivity contribution in [1.82, 2.24) is 10.3 Å². The van der Waals surface area contributed by atoms with Crippen molar-refractivity contribution >= 4 is 12.4 Å². The smallest absolute Gasteiger partial charge is 0.127 e. The monoisotopic (exact) mass is 528 g/mol. The molecule has 1 aliphatic heterocycles. The average molecular weight is 529 g/mol. The molecule has 0 bridgehead atoms. The average Bonchev–Trinajstić information content (AvgIpc) is 2.89. The van der Waals surface area contributed by atoms with Crippen LogP contribution in [0.1, 0.15) is 48.1 Å². The van der Waals surface area contributed by atoms with Gasteiger partial charge in [0.25, 0.3) is 0 Å². The number of hydrogen-bond donors (Lipinski definition) is 1. The summed E-state index contributed by atoms with van der Waals surface area (Å²) in [5.41, 5.74) is 6.48. The van der Waals surface area contributed by atoms with Crippen molar-refractivity contribution in [2.24, 2.45) is 0 Å². The Balaban J connectivity index is 0.000000253. The fourth-order valence-corrected chi connectivity index (χ4v) is 4.86. The molecule has 2 unspecified atom stereocenters. The van der Waals surface area contributed by atoms with Gasteiger partial charge in [0.2, 0.25) is 0 Å². The van der Waals surface area contributed by atoms with E-state index in [4.69, 9.17) is 18.9 Å². The highest BCUT2D eigenvalue weighted by molar-refractivity contribution is 5.85. The number of methoxy groups -OCH3 is 4. The molecule has 1 fully saturated rings. The quantitative estimate of drug-likeness (QED) is 0.385. The van der Waals surface area contributed by atoms with Crippen LogP contribution in [0.3, 0.4) is 0 Å². The van der Waals surface area contributed by atoms with Gasteiger partial charge in [-0.05, 0) is 88.5 Å². The van der Waals surface area contributed by atoms with Crippen molar-refractivity contribution in [3.05, 3.63) is 65.0 Å². The topological polar surface area (TPSA) is 61.8 Å². The number of halogens is 1. The first-order chi connectivity index (χ1) is 17.3. The van der Waals surface area contributed by atoms with Crippen LogP contribution in [0.25, 0.3) is 11.1 Å². The van der Waals surface area contributed by atoms with Crippen LogP contribution in [-0.2, 0) is 0 Å². The van der Waals surface area contributed by atoms with Gasteiger partial charge in [-0.2, -0.15) is 0 Å². The Kier molecular flexibility index (Phi) is 11.5. The van der Waals surface area contributed by atoms with Crippen LogP contribution >= 0.6 is 12.4 Å². The maximum atomic E-state index is 5.54. The lowest BCUT2D eigenvalue weighted by molar-refractivity contribution is 0.347. The molecule has 37 heavy (non-hydrogen) atoms. The van der Waals surface area contributed by atoms with E-state index < -0.39 is 0 Å². The highest BCUT2D eigenvalue weighted by Crippen LogP contribution is 2.38. The molecule has 6 nitrogen and oxygen atoms in total. The summed E-state index contributed by atoms with van der Waals surface area (Å²) < 4.78 is 21.8. The fraction of sp³-hybridized carbons (Fsp3) is 0.433. The van der Waals surface area contributed by atoms with E-state index in [2.05, 4.69) is 29.4 Å². The first-order valence-electron chi connectivity index (χ1n) is 12.4. The van der Waals surface area contributed by atoms with Crippen LogP contribution in [0, 0.1) is 20.8 Å². The van der Waals surface area contributed by atoms with Gasteiger partial charge in [-0.15, -0.1) is 12.4 Å². The molecule has 0 radical (unpaired) electrons. The number of benzene rings is 2. The number of hydrogen-bond acceptors (Lipinski definition) is 6. The molecule has 1 aliphatic rings. The summed E-state index contributed by atoms with van der Waals surface area (Å²) >= 11 is 0. The Labute approximate surface area is 228 Å². The minimum atomic E-state index is 0. The molecule has 3 aromatic rings. The van der Waals surface area contributed by atoms with Crippen LogP contribution in [0.5, 0.6) is 23.0 Å². The molecule has 4 rings (SSSR count). The van der Waals surface area contributed by atoms with Crippen LogP contribution < -0.4 is 24.3 Å². The molecule has 1 aromatic heterocycles. The maximum Gasteiger partial charge on any atom is 0.127 e. The van der Waals surface area contributed by atoms with Crippen LogP contribution in [0.2, 0.25) is 0 Å². The second-order valence-corrected chi connectivity index (χ2v) is 9.21. The number of ether oxygens (including phenoxy) is 4.